The second kappa shape index (κ2) is 9.80. The third-order valence-electron chi connectivity index (χ3n) is 5.16. The van der Waals surface area contributed by atoms with E-state index in [2.05, 4.69) is 0 Å². The standard InChI is InChI=1S/C27H16F3NO5/c1-34-21-10-6-5-9-19(21)23-24(32)20-12-11-18(14-22(20)36-25(23)27(28,29)30)35-26(33)17(15-31)13-16-7-3-2-4-8-16/h2-14H,1H3/b17-13+. The lowest BCUT2D eigenvalue weighted by atomic mass is 10.0. The van der Waals surface area contributed by atoms with Gasteiger partial charge < -0.3 is 13.9 Å². The van der Waals surface area contributed by atoms with Gasteiger partial charge in [-0.05, 0) is 29.8 Å². The SMILES string of the molecule is COc1ccccc1-c1c(C(F)(F)F)oc2cc(OC(=O)/C(C#N)=C/c3ccccc3)ccc2c1=O. The molecule has 3 aromatic carbocycles. The molecule has 0 saturated heterocycles. The molecule has 0 amide bonds. The summed E-state index contributed by atoms with van der Waals surface area (Å²) in [6, 6.07) is 19.5. The highest BCUT2D eigenvalue weighted by molar-refractivity contribution is 5.99. The number of benzene rings is 3. The predicted molar refractivity (Wildman–Crippen MR) is 125 cm³/mol. The van der Waals surface area contributed by atoms with Crippen LogP contribution in [-0.4, -0.2) is 13.1 Å². The normalized spacial score (nSPS) is 11.7. The number of fused-ring (bicyclic) bond motifs is 1. The van der Waals surface area contributed by atoms with Crippen molar-refractivity contribution in [2.75, 3.05) is 7.11 Å². The highest BCUT2D eigenvalue weighted by atomic mass is 19.4. The van der Waals surface area contributed by atoms with E-state index in [9.17, 15) is 28.0 Å². The summed E-state index contributed by atoms with van der Waals surface area (Å²) in [7, 11) is 1.27. The fourth-order valence-corrected chi connectivity index (χ4v) is 3.55. The number of nitriles is 1. The molecule has 0 aliphatic carbocycles. The molecule has 6 nitrogen and oxygen atoms in total. The lowest BCUT2D eigenvalue weighted by molar-refractivity contribution is -0.152. The van der Waals surface area contributed by atoms with E-state index in [1.807, 2.05) is 0 Å². The number of carbonyl (C=O) groups is 1. The minimum absolute atomic E-state index is 0.0643. The van der Waals surface area contributed by atoms with Crippen molar-refractivity contribution in [3.05, 3.63) is 99.9 Å². The molecule has 1 aromatic heterocycles. The van der Waals surface area contributed by atoms with E-state index in [-0.39, 0.29) is 28.0 Å². The Bertz CT molecular complexity index is 1580. The molecule has 0 aliphatic heterocycles. The fourth-order valence-electron chi connectivity index (χ4n) is 3.55. The maximum absolute atomic E-state index is 13.9. The van der Waals surface area contributed by atoms with Gasteiger partial charge in [0.1, 0.15) is 28.7 Å². The fraction of sp³-hybridized carbons (Fsp3) is 0.0741. The van der Waals surface area contributed by atoms with Gasteiger partial charge in [-0.3, -0.25) is 4.79 Å². The molecule has 0 spiro atoms. The van der Waals surface area contributed by atoms with Crippen LogP contribution in [0.4, 0.5) is 13.2 Å². The van der Waals surface area contributed by atoms with Crippen molar-refractivity contribution in [3.8, 4) is 28.7 Å². The Balaban J connectivity index is 1.79. The highest BCUT2D eigenvalue weighted by Crippen LogP contribution is 2.40. The van der Waals surface area contributed by atoms with Crippen LogP contribution < -0.4 is 14.9 Å². The molecular weight excluding hydrogens is 475 g/mol. The van der Waals surface area contributed by atoms with E-state index in [1.54, 1.807) is 42.5 Å². The summed E-state index contributed by atoms with van der Waals surface area (Å²) in [6.45, 7) is 0. The van der Waals surface area contributed by atoms with Crippen molar-refractivity contribution in [2.24, 2.45) is 0 Å². The molecule has 0 unspecified atom stereocenters. The minimum Gasteiger partial charge on any atom is -0.496 e. The molecule has 0 N–H and O–H groups in total. The van der Waals surface area contributed by atoms with Crippen LogP contribution in [0.25, 0.3) is 28.2 Å². The number of alkyl halides is 3. The Morgan fingerprint density at radius 2 is 1.72 bits per heavy atom. The van der Waals surface area contributed by atoms with E-state index >= 15 is 0 Å². The number of halogens is 3. The van der Waals surface area contributed by atoms with E-state index in [1.165, 1.54) is 43.5 Å². The number of para-hydroxylation sites is 1. The number of esters is 1. The van der Waals surface area contributed by atoms with Crippen LogP contribution in [0.3, 0.4) is 0 Å². The molecule has 0 aliphatic rings. The van der Waals surface area contributed by atoms with Crippen molar-refractivity contribution in [2.45, 2.75) is 6.18 Å². The molecule has 0 radical (unpaired) electrons. The molecule has 0 saturated carbocycles. The van der Waals surface area contributed by atoms with Crippen LogP contribution in [0.5, 0.6) is 11.5 Å². The number of nitrogens with zero attached hydrogens (tertiary/aromatic N) is 1. The van der Waals surface area contributed by atoms with Crippen LogP contribution >= 0.6 is 0 Å². The lowest BCUT2D eigenvalue weighted by Gasteiger charge is -2.15. The minimum atomic E-state index is -5.01. The largest absolute Gasteiger partial charge is 0.496 e. The number of ether oxygens (including phenoxy) is 2. The second-order valence-corrected chi connectivity index (χ2v) is 7.46. The first-order chi connectivity index (χ1) is 17.2. The summed E-state index contributed by atoms with van der Waals surface area (Å²) in [4.78, 5) is 25.7. The van der Waals surface area contributed by atoms with Crippen LogP contribution in [0.1, 0.15) is 11.3 Å². The highest BCUT2D eigenvalue weighted by Gasteiger charge is 2.40. The van der Waals surface area contributed by atoms with E-state index in [4.69, 9.17) is 13.9 Å². The Morgan fingerprint density at radius 1 is 1.03 bits per heavy atom. The summed E-state index contributed by atoms with van der Waals surface area (Å²) in [5.74, 6) is -2.68. The van der Waals surface area contributed by atoms with Gasteiger partial charge in [0.15, 0.2) is 0 Å². The van der Waals surface area contributed by atoms with Crippen LogP contribution in [0.15, 0.2) is 87.6 Å². The van der Waals surface area contributed by atoms with Crippen molar-refractivity contribution in [1.82, 2.24) is 0 Å². The van der Waals surface area contributed by atoms with Gasteiger partial charge in [-0.25, -0.2) is 4.79 Å². The van der Waals surface area contributed by atoms with Crippen molar-refractivity contribution in [3.63, 3.8) is 0 Å². The van der Waals surface area contributed by atoms with Gasteiger partial charge in [0.05, 0.1) is 18.1 Å². The second-order valence-electron chi connectivity index (χ2n) is 7.46. The van der Waals surface area contributed by atoms with Crippen LogP contribution in [0.2, 0.25) is 0 Å². The molecule has 4 rings (SSSR count). The molecule has 0 bridgehead atoms. The van der Waals surface area contributed by atoms with E-state index in [0.29, 0.717) is 5.56 Å². The molecule has 36 heavy (non-hydrogen) atoms. The molecule has 180 valence electrons. The molecule has 0 fully saturated rings. The summed E-state index contributed by atoms with van der Waals surface area (Å²) in [6.07, 6.45) is -3.70. The van der Waals surface area contributed by atoms with Gasteiger partial charge in [0.25, 0.3) is 0 Å². The van der Waals surface area contributed by atoms with Gasteiger partial charge in [-0.1, -0.05) is 48.5 Å². The molecule has 9 heteroatoms. The third kappa shape index (κ3) is 4.83. The topological polar surface area (TPSA) is 89.5 Å². The van der Waals surface area contributed by atoms with Crippen molar-refractivity contribution < 1.29 is 31.9 Å². The van der Waals surface area contributed by atoms with E-state index in [0.717, 1.165) is 6.07 Å². The Labute approximate surface area is 202 Å². The van der Waals surface area contributed by atoms with Gasteiger partial charge in [-0.15, -0.1) is 0 Å². The molecule has 1 heterocycles. The lowest BCUT2D eigenvalue weighted by Crippen LogP contribution is -2.16. The molecule has 4 aromatic rings. The van der Waals surface area contributed by atoms with Gasteiger partial charge in [0.2, 0.25) is 11.2 Å². The first-order valence-corrected chi connectivity index (χ1v) is 10.4. The Hall–Kier alpha value is -4.84. The summed E-state index contributed by atoms with van der Waals surface area (Å²) >= 11 is 0. The smallest absolute Gasteiger partial charge is 0.450 e. The predicted octanol–water partition coefficient (Wildman–Crippen LogP) is 6.00. The number of methoxy groups -OCH3 is 1. The van der Waals surface area contributed by atoms with Gasteiger partial charge in [0, 0.05) is 11.6 Å². The average molecular weight is 491 g/mol. The maximum Gasteiger partial charge on any atom is 0.450 e. The average Bonchev–Trinajstić information content (AvgIpc) is 2.87. The van der Waals surface area contributed by atoms with Gasteiger partial charge in [-0.2, -0.15) is 18.4 Å². The number of hydrogen-bond acceptors (Lipinski definition) is 6. The van der Waals surface area contributed by atoms with Crippen molar-refractivity contribution in [1.29, 1.82) is 5.26 Å². The number of rotatable bonds is 5. The summed E-state index contributed by atoms with van der Waals surface area (Å²) < 4.78 is 57.3. The molecule has 0 atom stereocenters. The Kier molecular flexibility index (Phi) is 6.61. The van der Waals surface area contributed by atoms with Crippen LogP contribution in [-0.2, 0) is 11.0 Å². The zero-order valence-electron chi connectivity index (χ0n) is 18.6. The van der Waals surface area contributed by atoms with Crippen molar-refractivity contribution >= 4 is 23.0 Å². The zero-order chi connectivity index (χ0) is 25.9. The van der Waals surface area contributed by atoms with Crippen LogP contribution in [0, 0.1) is 11.3 Å². The molecular formula is C27H16F3NO5. The Morgan fingerprint density at radius 3 is 2.39 bits per heavy atom. The number of carbonyl (C=O) groups excluding carboxylic acids is 1. The first-order valence-electron chi connectivity index (χ1n) is 10.4. The number of hydrogen-bond donors (Lipinski definition) is 0. The third-order valence-corrected chi connectivity index (χ3v) is 5.16. The maximum atomic E-state index is 13.9. The quantitative estimate of drug-likeness (QED) is 0.147. The monoisotopic (exact) mass is 491 g/mol. The summed E-state index contributed by atoms with van der Waals surface area (Å²) in [5.41, 5.74) is -1.91. The van der Waals surface area contributed by atoms with E-state index < -0.39 is 34.5 Å². The first kappa shape index (κ1) is 24.3. The summed E-state index contributed by atoms with van der Waals surface area (Å²) in [5, 5.41) is 9.17. The van der Waals surface area contributed by atoms with Gasteiger partial charge >= 0.3 is 12.1 Å². The zero-order valence-corrected chi connectivity index (χ0v) is 18.6.